The van der Waals surface area contributed by atoms with Crippen LogP contribution in [0.4, 0.5) is 11.5 Å². The summed E-state index contributed by atoms with van der Waals surface area (Å²) < 4.78 is 3.04. The van der Waals surface area contributed by atoms with Crippen LogP contribution in [0.25, 0.3) is 0 Å². The molecule has 0 aromatic carbocycles. The second-order valence-corrected chi connectivity index (χ2v) is 6.27. The molecule has 2 aromatic rings. The van der Waals surface area contributed by atoms with Gasteiger partial charge in [0.15, 0.2) is 0 Å². The highest BCUT2D eigenvalue weighted by Crippen LogP contribution is 2.26. The average Bonchev–Trinajstić information content (AvgIpc) is 2.83. The molecule has 3 N–H and O–H groups in total. The summed E-state index contributed by atoms with van der Waals surface area (Å²) in [5, 5.41) is 7.72. The number of aryl methyl sites for hydroxylation is 2. The van der Waals surface area contributed by atoms with Crippen molar-refractivity contribution in [3.63, 3.8) is 0 Å². The van der Waals surface area contributed by atoms with E-state index < -0.39 is 0 Å². The van der Waals surface area contributed by atoms with Gasteiger partial charge >= 0.3 is 0 Å². The quantitative estimate of drug-likeness (QED) is 0.911. The summed E-state index contributed by atoms with van der Waals surface area (Å²) in [6.45, 7) is 5.56. The number of nitrogens with zero attached hydrogens (tertiary/aromatic N) is 2. The first-order valence-electron chi connectivity index (χ1n) is 5.42. The molecule has 0 saturated carbocycles. The van der Waals surface area contributed by atoms with Crippen molar-refractivity contribution in [1.82, 2.24) is 9.78 Å². The smallest absolute Gasteiger partial charge is 0.148 e. The lowest BCUT2D eigenvalue weighted by atomic mass is 10.4. The van der Waals surface area contributed by atoms with Gasteiger partial charge in [-0.15, -0.1) is 11.3 Å². The van der Waals surface area contributed by atoms with Gasteiger partial charge in [0.1, 0.15) is 5.82 Å². The van der Waals surface area contributed by atoms with Crippen molar-refractivity contribution >= 4 is 38.8 Å². The molecular formula is C11H15BrN4S. The molecule has 0 aliphatic heterocycles. The van der Waals surface area contributed by atoms with E-state index in [1.54, 1.807) is 11.3 Å². The van der Waals surface area contributed by atoms with Crippen LogP contribution in [-0.2, 0) is 13.1 Å². The fraction of sp³-hybridized carbons (Fsp3) is 0.364. The maximum Gasteiger partial charge on any atom is 0.148 e. The van der Waals surface area contributed by atoms with Gasteiger partial charge in [-0.05, 0) is 41.9 Å². The summed E-state index contributed by atoms with van der Waals surface area (Å²) in [6, 6.07) is 4.14. The van der Waals surface area contributed by atoms with E-state index in [1.807, 2.05) is 17.7 Å². The van der Waals surface area contributed by atoms with Gasteiger partial charge in [0.25, 0.3) is 0 Å². The first-order valence-corrected chi connectivity index (χ1v) is 7.03. The zero-order chi connectivity index (χ0) is 12.4. The standard InChI is InChI=1S/C11H15BrN4S/c1-3-16-11(10(13)7(2)15-16)14-6-8-4-5-9(12)17-8/h4-5,14H,3,6,13H2,1-2H3. The van der Waals surface area contributed by atoms with E-state index in [9.17, 15) is 0 Å². The van der Waals surface area contributed by atoms with Gasteiger partial charge in [0, 0.05) is 11.4 Å². The van der Waals surface area contributed by atoms with Gasteiger partial charge in [-0.25, -0.2) is 4.68 Å². The SMILES string of the molecule is CCn1nc(C)c(N)c1NCc1ccc(Br)s1. The number of anilines is 2. The van der Waals surface area contributed by atoms with Crippen molar-refractivity contribution < 1.29 is 0 Å². The van der Waals surface area contributed by atoms with Crippen LogP contribution < -0.4 is 11.1 Å². The number of nitrogen functional groups attached to an aromatic ring is 1. The van der Waals surface area contributed by atoms with Gasteiger partial charge < -0.3 is 11.1 Å². The predicted octanol–water partition coefficient (Wildman–Crippen LogP) is 3.23. The molecule has 2 aromatic heterocycles. The van der Waals surface area contributed by atoms with Gasteiger partial charge in [-0.1, -0.05) is 0 Å². The van der Waals surface area contributed by atoms with Gasteiger partial charge in [0.05, 0.1) is 21.7 Å². The van der Waals surface area contributed by atoms with Crippen molar-refractivity contribution in [2.75, 3.05) is 11.1 Å². The van der Waals surface area contributed by atoms with Gasteiger partial charge in [0.2, 0.25) is 0 Å². The summed E-state index contributed by atoms with van der Waals surface area (Å²) in [5.74, 6) is 0.912. The van der Waals surface area contributed by atoms with Gasteiger partial charge in [-0.3, -0.25) is 0 Å². The molecule has 0 aliphatic carbocycles. The minimum Gasteiger partial charge on any atom is -0.394 e. The number of nitrogens with one attached hydrogen (secondary N) is 1. The number of rotatable bonds is 4. The molecule has 17 heavy (non-hydrogen) atoms. The van der Waals surface area contributed by atoms with Crippen LogP contribution >= 0.6 is 27.3 Å². The number of hydrogen-bond acceptors (Lipinski definition) is 4. The van der Waals surface area contributed by atoms with Crippen molar-refractivity contribution in [3.05, 3.63) is 26.5 Å². The number of nitrogens with two attached hydrogens (primary N) is 1. The fourth-order valence-corrected chi connectivity index (χ4v) is 3.05. The molecule has 0 amide bonds. The lowest BCUT2D eigenvalue weighted by molar-refractivity contribution is 0.658. The van der Waals surface area contributed by atoms with Crippen LogP contribution in [0.1, 0.15) is 17.5 Å². The van der Waals surface area contributed by atoms with Crippen LogP contribution in [0.15, 0.2) is 15.9 Å². The number of aromatic nitrogens is 2. The Kier molecular flexibility index (Phi) is 3.73. The Morgan fingerprint density at radius 1 is 1.53 bits per heavy atom. The number of hydrogen-bond donors (Lipinski definition) is 2. The molecule has 0 spiro atoms. The highest BCUT2D eigenvalue weighted by molar-refractivity contribution is 9.11. The highest BCUT2D eigenvalue weighted by atomic mass is 79.9. The molecule has 0 aliphatic rings. The van der Waals surface area contributed by atoms with E-state index in [2.05, 4.69) is 39.3 Å². The Hall–Kier alpha value is -1.01. The van der Waals surface area contributed by atoms with E-state index in [1.165, 1.54) is 4.88 Å². The first-order chi connectivity index (χ1) is 8.11. The van der Waals surface area contributed by atoms with Crippen molar-refractivity contribution in [3.8, 4) is 0 Å². The van der Waals surface area contributed by atoms with E-state index in [4.69, 9.17) is 5.73 Å². The summed E-state index contributed by atoms with van der Waals surface area (Å²) >= 11 is 5.17. The monoisotopic (exact) mass is 314 g/mol. The third-order valence-electron chi connectivity index (χ3n) is 2.53. The Labute approximate surface area is 113 Å². The summed E-state index contributed by atoms with van der Waals surface area (Å²) in [4.78, 5) is 1.26. The molecule has 0 fully saturated rings. The molecular weight excluding hydrogens is 300 g/mol. The minimum atomic E-state index is 0.738. The molecule has 92 valence electrons. The predicted molar refractivity (Wildman–Crippen MR) is 76.4 cm³/mol. The second kappa shape index (κ2) is 5.10. The third-order valence-corrected chi connectivity index (χ3v) is 4.16. The van der Waals surface area contributed by atoms with Crippen LogP contribution in [0.3, 0.4) is 0 Å². The van der Waals surface area contributed by atoms with Crippen molar-refractivity contribution in [2.24, 2.45) is 0 Å². The zero-order valence-corrected chi connectivity index (χ0v) is 12.2. The lowest BCUT2D eigenvalue weighted by Crippen LogP contribution is -2.07. The average molecular weight is 315 g/mol. The molecule has 0 atom stereocenters. The molecule has 2 heterocycles. The Morgan fingerprint density at radius 2 is 2.29 bits per heavy atom. The maximum absolute atomic E-state index is 6.00. The Morgan fingerprint density at radius 3 is 2.88 bits per heavy atom. The Bertz CT molecular complexity index is 518. The van der Waals surface area contributed by atoms with Crippen LogP contribution in [0.5, 0.6) is 0 Å². The molecule has 2 rings (SSSR count). The molecule has 0 radical (unpaired) electrons. The van der Waals surface area contributed by atoms with E-state index in [0.29, 0.717) is 0 Å². The summed E-state index contributed by atoms with van der Waals surface area (Å²) in [6.07, 6.45) is 0. The van der Waals surface area contributed by atoms with Crippen LogP contribution in [0, 0.1) is 6.92 Å². The molecule has 4 nitrogen and oxygen atoms in total. The summed E-state index contributed by atoms with van der Waals surface area (Å²) in [5.41, 5.74) is 7.61. The Balaban J connectivity index is 2.13. The fourth-order valence-electron chi connectivity index (χ4n) is 1.63. The van der Waals surface area contributed by atoms with Gasteiger partial charge in [-0.2, -0.15) is 5.10 Å². The van der Waals surface area contributed by atoms with E-state index in [-0.39, 0.29) is 0 Å². The third kappa shape index (κ3) is 2.63. The number of thiophene rings is 1. The maximum atomic E-state index is 6.00. The van der Waals surface area contributed by atoms with E-state index >= 15 is 0 Å². The molecule has 0 bridgehead atoms. The molecule has 6 heteroatoms. The first kappa shape index (κ1) is 12.4. The summed E-state index contributed by atoms with van der Waals surface area (Å²) in [7, 11) is 0. The van der Waals surface area contributed by atoms with Crippen LogP contribution in [-0.4, -0.2) is 9.78 Å². The topological polar surface area (TPSA) is 55.9 Å². The lowest BCUT2D eigenvalue weighted by Gasteiger charge is -2.07. The largest absolute Gasteiger partial charge is 0.394 e. The highest BCUT2D eigenvalue weighted by Gasteiger charge is 2.11. The van der Waals surface area contributed by atoms with Crippen molar-refractivity contribution in [2.45, 2.75) is 26.9 Å². The second-order valence-electron chi connectivity index (χ2n) is 3.72. The van der Waals surface area contributed by atoms with Crippen LogP contribution in [0.2, 0.25) is 0 Å². The van der Waals surface area contributed by atoms with Crippen molar-refractivity contribution in [1.29, 1.82) is 0 Å². The molecule has 0 saturated heterocycles. The zero-order valence-electron chi connectivity index (χ0n) is 9.83. The van der Waals surface area contributed by atoms with E-state index in [0.717, 1.165) is 34.1 Å². The molecule has 0 unspecified atom stereocenters. The minimum absolute atomic E-state index is 0.738. The normalized spacial score (nSPS) is 10.8. The number of halogens is 1.